The highest BCUT2D eigenvalue weighted by Gasteiger charge is 2.12. The lowest BCUT2D eigenvalue weighted by molar-refractivity contribution is 0.0967. The van der Waals surface area contributed by atoms with Crippen LogP contribution in [0.25, 0.3) is 11.1 Å². The van der Waals surface area contributed by atoms with E-state index in [2.05, 4.69) is 25.7 Å². The molecule has 0 saturated heterocycles. The Bertz CT molecular complexity index is 1320. The summed E-state index contributed by atoms with van der Waals surface area (Å²) in [6.07, 6.45) is 6.91. The summed E-state index contributed by atoms with van der Waals surface area (Å²) >= 11 is 0. The lowest BCUT2D eigenvalue weighted by atomic mass is 10.1. The van der Waals surface area contributed by atoms with E-state index in [1.165, 1.54) is 12.1 Å². The Morgan fingerprint density at radius 1 is 1.03 bits per heavy atom. The second-order valence-electron chi connectivity index (χ2n) is 7.50. The maximum Gasteiger partial charge on any atom is 0.326 e. The topological polar surface area (TPSA) is 131 Å². The van der Waals surface area contributed by atoms with Crippen LogP contribution >= 0.6 is 0 Å². The molecule has 0 bridgehead atoms. The fourth-order valence-electron chi connectivity index (χ4n) is 3.13. The van der Waals surface area contributed by atoms with Crippen LogP contribution in [0.15, 0.2) is 67.3 Å². The van der Waals surface area contributed by atoms with Gasteiger partial charge in [-0.25, -0.2) is 14.8 Å². The van der Waals surface area contributed by atoms with Gasteiger partial charge in [0.2, 0.25) is 0 Å². The molecule has 2 aromatic carbocycles. The summed E-state index contributed by atoms with van der Waals surface area (Å²) in [6.45, 7) is 1.70. The van der Waals surface area contributed by atoms with Gasteiger partial charge in [0.05, 0.1) is 12.8 Å². The third-order valence-electron chi connectivity index (χ3n) is 4.93. The van der Waals surface area contributed by atoms with Crippen molar-refractivity contribution in [1.29, 1.82) is 0 Å². The van der Waals surface area contributed by atoms with Crippen molar-refractivity contribution in [2.45, 2.75) is 13.5 Å². The van der Waals surface area contributed by atoms with Crippen molar-refractivity contribution in [1.82, 2.24) is 25.1 Å². The number of aliphatic hydroxyl groups is 1. The maximum atomic E-state index is 12.2. The number of urea groups is 1. The minimum atomic E-state index is -0.668. The first-order chi connectivity index (χ1) is 16.4. The van der Waals surface area contributed by atoms with Crippen molar-refractivity contribution < 1.29 is 19.4 Å². The van der Waals surface area contributed by atoms with Crippen molar-refractivity contribution >= 4 is 17.6 Å². The van der Waals surface area contributed by atoms with E-state index in [9.17, 15) is 9.59 Å². The average Bonchev–Trinajstić information content (AvgIpc) is 3.27. The van der Waals surface area contributed by atoms with Crippen LogP contribution in [0, 0.1) is 6.92 Å². The molecule has 2 aromatic heterocycles. The molecule has 0 aliphatic heterocycles. The SMILES string of the molecule is Cc1cc(NC(=O)NC(=O)c2ccc(CO)cc2)ccc1Oc1ncc(-c2cnn(C)c2)cn1. The van der Waals surface area contributed by atoms with E-state index >= 15 is 0 Å². The number of carbonyl (C=O) groups is 2. The molecule has 0 aliphatic carbocycles. The number of amides is 3. The molecule has 0 unspecified atom stereocenters. The molecule has 3 amide bonds. The van der Waals surface area contributed by atoms with Gasteiger partial charge >= 0.3 is 12.0 Å². The zero-order valence-corrected chi connectivity index (χ0v) is 18.5. The first-order valence-electron chi connectivity index (χ1n) is 10.3. The molecule has 0 aliphatic rings. The number of ether oxygens (including phenoxy) is 1. The molecular weight excluding hydrogens is 436 g/mol. The van der Waals surface area contributed by atoms with Gasteiger partial charge in [-0.1, -0.05) is 12.1 Å². The van der Waals surface area contributed by atoms with Crippen molar-refractivity contribution in [2.75, 3.05) is 5.32 Å². The Balaban J connectivity index is 1.36. The van der Waals surface area contributed by atoms with Gasteiger partial charge in [0.1, 0.15) is 5.75 Å². The van der Waals surface area contributed by atoms with E-state index in [4.69, 9.17) is 9.84 Å². The largest absolute Gasteiger partial charge is 0.424 e. The molecule has 4 aromatic rings. The van der Waals surface area contributed by atoms with Gasteiger partial charge in [0, 0.05) is 48.0 Å². The van der Waals surface area contributed by atoms with Gasteiger partial charge < -0.3 is 15.2 Å². The zero-order chi connectivity index (χ0) is 24.1. The van der Waals surface area contributed by atoms with Crippen LogP contribution < -0.4 is 15.4 Å². The summed E-state index contributed by atoms with van der Waals surface area (Å²) in [7, 11) is 1.84. The molecule has 2 heterocycles. The third-order valence-corrected chi connectivity index (χ3v) is 4.93. The van der Waals surface area contributed by atoms with Crippen LogP contribution in [0.3, 0.4) is 0 Å². The van der Waals surface area contributed by atoms with Crippen LogP contribution in [-0.4, -0.2) is 36.8 Å². The van der Waals surface area contributed by atoms with E-state index in [1.54, 1.807) is 53.6 Å². The first-order valence-corrected chi connectivity index (χ1v) is 10.3. The van der Waals surface area contributed by atoms with Gasteiger partial charge in [-0.3, -0.25) is 14.8 Å². The fourth-order valence-corrected chi connectivity index (χ4v) is 3.13. The highest BCUT2D eigenvalue weighted by Crippen LogP contribution is 2.26. The van der Waals surface area contributed by atoms with E-state index in [0.717, 1.165) is 16.7 Å². The van der Waals surface area contributed by atoms with Gasteiger partial charge in [-0.15, -0.1) is 0 Å². The van der Waals surface area contributed by atoms with Gasteiger partial charge in [0.25, 0.3) is 5.91 Å². The van der Waals surface area contributed by atoms with E-state index in [-0.39, 0.29) is 12.6 Å². The fraction of sp³-hybridized carbons (Fsp3) is 0.125. The second-order valence-corrected chi connectivity index (χ2v) is 7.50. The number of carbonyl (C=O) groups excluding carboxylic acids is 2. The average molecular weight is 458 g/mol. The highest BCUT2D eigenvalue weighted by atomic mass is 16.5. The van der Waals surface area contributed by atoms with Gasteiger partial charge in [-0.2, -0.15) is 5.10 Å². The van der Waals surface area contributed by atoms with Crippen LogP contribution in [0.1, 0.15) is 21.5 Å². The standard InChI is InChI=1S/C24H22N6O4/c1-15-9-20(28-23(33)29-22(32)17-5-3-16(14-31)4-6-17)7-8-21(15)34-24-25-10-18(11-26-24)19-12-27-30(2)13-19/h3-13,31H,14H2,1-2H3,(H2,28,29,32,33). The van der Waals surface area contributed by atoms with Crippen molar-refractivity contribution in [2.24, 2.45) is 7.05 Å². The summed E-state index contributed by atoms with van der Waals surface area (Å²) < 4.78 is 7.46. The molecule has 172 valence electrons. The molecule has 0 saturated carbocycles. The number of nitrogens with zero attached hydrogens (tertiary/aromatic N) is 4. The Morgan fingerprint density at radius 2 is 1.76 bits per heavy atom. The predicted octanol–water partition coefficient (Wildman–Crippen LogP) is 3.43. The molecule has 0 fully saturated rings. The quantitative estimate of drug-likeness (QED) is 0.403. The summed E-state index contributed by atoms with van der Waals surface area (Å²) in [6, 6.07) is 10.9. The Kier molecular flexibility index (Phi) is 6.60. The van der Waals surface area contributed by atoms with E-state index < -0.39 is 11.9 Å². The predicted molar refractivity (Wildman–Crippen MR) is 124 cm³/mol. The van der Waals surface area contributed by atoms with E-state index in [0.29, 0.717) is 22.6 Å². The second kappa shape index (κ2) is 9.92. The zero-order valence-electron chi connectivity index (χ0n) is 18.5. The molecule has 0 spiro atoms. The molecule has 3 N–H and O–H groups in total. The highest BCUT2D eigenvalue weighted by molar-refractivity contribution is 6.08. The summed E-state index contributed by atoms with van der Waals surface area (Å²) in [4.78, 5) is 32.9. The Morgan fingerprint density at radius 3 is 2.38 bits per heavy atom. The third kappa shape index (κ3) is 5.43. The van der Waals surface area contributed by atoms with Crippen LogP contribution in [0.2, 0.25) is 0 Å². The minimum Gasteiger partial charge on any atom is -0.424 e. The smallest absolute Gasteiger partial charge is 0.326 e. The maximum absolute atomic E-state index is 12.2. The Labute approximate surface area is 195 Å². The summed E-state index contributed by atoms with van der Waals surface area (Å²) in [5.74, 6) is -0.0225. The lowest BCUT2D eigenvalue weighted by Crippen LogP contribution is -2.34. The van der Waals surface area contributed by atoms with E-state index in [1.807, 2.05) is 20.2 Å². The molecule has 34 heavy (non-hydrogen) atoms. The lowest BCUT2D eigenvalue weighted by Gasteiger charge is -2.11. The normalized spacial score (nSPS) is 10.6. The van der Waals surface area contributed by atoms with Crippen LogP contribution in [0.4, 0.5) is 10.5 Å². The van der Waals surface area contributed by atoms with Crippen molar-refractivity contribution in [3.05, 3.63) is 83.9 Å². The minimum absolute atomic E-state index is 0.121. The summed E-state index contributed by atoms with van der Waals surface area (Å²) in [5.41, 5.74) is 3.93. The molecular formula is C24H22N6O4. The molecule has 0 radical (unpaired) electrons. The van der Waals surface area contributed by atoms with Crippen molar-refractivity contribution in [3.8, 4) is 22.9 Å². The number of benzene rings is 2. The van der Waals surface area contributed by atoms with Crippen LogP contribution in [-0.2, 0) is 13.7 Å². The number of nitrogens with one attached hydrogen (secondary N) is 2. The number of aliphatic hydroxyl groups excluding tert-OH is 1. The Hall–Kier alpha value is -4.57. The first kappa shape index (κ1) is 22.6. The number of hydrogen-bond donors (Lipinski definition) is 3. The molecule has 10 heteroatoms. The molecule has 10 nitrogen and oxygen atoms in total. The number of rotatable bonds is 6. The number of hydrogen-bond acceptors (Lipinski definition) is 7. The number of aryl methyl sites for hydroxylation is 2. The monoisotopic (exact) mass is 458 g/mol. The van der Waals surface area contributed by atoms with Crippen molar-refractivity contribution in [3.63, 3.8) is 0 Å². The van der Waals surface area contributed by atoms with Gasteiger partial charge in [0.15, 0.2) is 0 Å². The number of aromatic nitrogens is 4. The molecule has 0 atom stereocenters. The molecule has 4 rings (SSSR count). The number of anilines is 1. The van der Waals surface area contributed by atoms with Gasteiger partial charge in [-0.05, 0) is 48.4 Å². The number of imide groups is 1. The van der Waals surface area contributed by atoms with Crippen LogP contribution in [0.5, 0.6) is 11.8 Å². The summed E-state index contributed by atoms with van der Waals surface area (Å²) in [5, 5.41) is 18.1.